The second-order valence-electron chi connectivity index (χ2n) is 8.64. The average molecular weight is 494 g/mol. The lowest BCUT2D eigenvalue weighted by Crippen LogP contribution is -2.52. The number of methoxy groups -OCH3 is 2. The molecule has 0 bridgehead atoms. The quantitative estimate of drug-likeness (QED) is 0.460. The summed E-state index contributed by atoms with van der Waals surface area (Å²) in [7, 11) is 3.13. The van der Waals surface area contributed by atoms with Crippen LogP contribution in [0.4, 0.5) is 5.95 Å². The van der Waals surface area contributed by atoms with E-state index in [4.69, 9.17) is 9.47 Å². The van der Waals surface area contributed by atoms with Gasteiger partial charge < -0.3 is 25.0 Å². The van der Waals surface area contributed by atoms with E-state index in [1.807, 2.05) is 42.5 Å². The Morgan fingerprint density at radius 1 is 1.06 bits per heavy atom. The summed E-state index contributed by atoms with van der Waals surface area (Å²) in [5.41, 5.74) is 1.74. The molecule has 1 saturated heterocycles. The maximum Gasteiger partial charge on any atom is 0.250 e. The van der Waals surface area contributed by atoms with Crippen LogP contribution in [0.25, 0.3) is 5.69 Å². The van der Waals surface area contributed by atoms with Gasteiger partial charge in [0.05, 0.1) is 19.9 Å². The molecule has 1 atom stereocenters. The second-order valence-corrected chi connectivity index (χ2v) is 8.64. The standard InChI is InChI=1S/C25H31N7O4/c1-17(33)26-21(15-18-9-10-22(35-2)23(16-18)36-3)24(34)27-19-11-13-31(14-12-19)25-28-29-30-32(25)20-7-5-4-6-8-20/h4-10,16,19,21H,11-15H2,1-3H3,(H,26,33)(H,27,34)/t21-/m0/s1. The maximum atomic E-state index is 13.1. The zero-order valence-corrected chi connectivity index (χ0v) is 20.7. The minimum atomic E-state index is -0.705. The van der Waals surface area contributed by atoms with Crippen LogP contribution in [-0.4, -0.2) is 71.4 Å². The lowest BCUT2D eigenvalue weighted by atomic mass is 10.0. The van der Waals surface area contributed by atoms with E-state index in [1.165, 1.54) is 6.92 Å². The fraction of sp³-hybridized carbons (Fsp3) is 0.400. The molecule has 0 unspecified atom stereocenters. The molecule has 1 aliphatic heterocycles. The smallest absolute Gasteiger partial charge is 0.250 e. The van der Waals surface area contributed by atoms with Gasteiger partial charge in [-0.05, 0) is 53.1 Å². The molecule has 11 nitrogen and oxygen atoms in total. The van der Waals surface area contributed by atoms with E-state index in [1.54, 1.807) is 25.0 Å². The minimum Gasteiger partial charge on any atom is -0.493 e. The Labute approximate surface area is 209 Å². The molecule has 36 heavy (non-hydrogen) atoms. The van der Waals surface area contributed by atoms with E-state index in [0.717, 1.165) is 24.1 Å². The zero-order chi connectivity index (χ0) is 25.5. The Bertz CT molecular complexity index is 1180. The number of benzene rings is 2. The number of aromatic nitrogens is 4. The predicted octanol–water partition coefficient (Wildman–Crippen LogP) is 1.51. The first-order valence-electron chi connectivity index (χ1n) is 11.9. The molecule has 190 valence electrons. The summed E-state index contributed by atoms with van der Waals surface area (Å²) in [5.74, 6) is 1.37. The van der Waals surface area contributed by atoms with Crippen molar-refractivity contribution in [3.05, 3.63) is 54.1 Å². The van der Waals surface area contributed by atoms with E-state index < -0.39 is 6.04 Å². The monoisotopic (exact) mass is 493 g/mol. The van der Waals surface area contributed by atoms with Crippen molar-refractivity contribution in [3.8, 4) is 17.2 Å². The molecule has 1 aliphatic rings. The van der Waals surface area contributed by atoms with Gasteiger partial charge in [0.1, 0.15) is 6.04 Å². The Kier molecular flexibility index (Phi) is 7.99. The number of nitrogens with one attached hydrogen (secondary N) is 2. The summed E-state index contributed by atoms with van der Waals surface area (Å²) in [6.45, 7) is 2.79. The van der Waals surface area contributed by atoms with Crippen LogP contribution in [0.2, 0.25) is 0 Å². The van der Waals surface area contributed by atoms with E-state index >= 15 is 0 Å². The maximum absolute atomic E-state index is 13.1. The Balaban J connectivity index is 1.37. The molecule has 0 radical (unpaired) electrons. The van der Waals surface area contributed by atoms with Gasteiger partial charge in [0.25, 0.3) is 0 Å². The SMILES string of the molecule is COc1ccc(C[C@H](NC(C)=O)C(=O)NC2CCN(c3nnnn3-c3ccccc3)CC2)cc1OC. The van der Waals surface area contributed by atoms with E-state index in [2.05, 4.69) is 31.1 Å². The summed E-state index contributed by atoms with van der Waals surface area (Å²) in [6.07, 6.45) is 1.80. The van der Waals surface area contributed by atoms with Crippen molar-refractivity contribution in [1.29, 1.82) is 0 Å². The lowest BCUT2D eigenvalue weighted by molar-refractivity contribution is -0.128. The molecule has 2 amide bonds. The van der Waals surface area contributed by atoms with Gasteiger partial charge >= 0.3 is 0 Å². The number of hydrogen-bond donors (Lipinski definition) is 2. The molecule has 0 aliphatic carbocycles. The van der Waals surface area contributed by atoms with Crippen molar-refractivity contribution in [2.45, 2.75) is 38.3 Å². The molecule has 11 heteroatoms. The zero-order valence-electron chi connectivity index (χ0n) is 20.7. The van der Waals surface area contributed by atoms with Crippen molar-refractivity contribution >= 4 is 17.8 Å². The highest BCUT2D eigenvalue weighted by Crippen LogP contribution is 2.28. The molecular formula is C25H31N7O4. The number of carbonyl (C=O) groups excluding carboxylic acids is 2. The number of hydrogen-bond acceptors (Lipinski definition) is 8. The third-order valence-corrected chi connectivity index (χ3v) is 6.16. The highest BCUT2D eigenvalue weighted by Gasteiger charge is 2.28. The first-order valence-corrected chi connectivity index (χ1v) is 11.9. The van der Waals surface area contributed by atoms with Crippen molar-refractivity contribution < 1.29 is 19.1 Å². The highest BCUT2D eigenvalue weighted by atomic mass is 16.5. The molecular weight excluding hydrogens is 462 g/mol. The van der Waals surface area contributed by atoms with Crippen LogP contribution in [0.15, 0.2) is 48.5 Å². The number of carbonyl (C=O) groups is 2. The number of para-hydroxylation sites is 1. The molecule has 2 aromatic carbocycles. The number of piperidine rings is 1. The molecule has 1 aromatic heterocycles. The number of ether oxygens (including phenoxy) is 2. The number of anilines is 1. The fourth-order valence-corrected chi connectivity index (χ4v) is 4.34. The Morgan fingerprint density at radius 3 is 2.44 bits per heavy atom. The summed E-state index contributed by atoms with van der Waals surface area (Å²) in [4.78, 5) is 27.1. The third kappa shape index (κ3) is 5.91. The van der Waals surface area contributed by atoms with Gasteiger partial charge in [0.2, 0.25) is 17.8 Å². The van der Waals surface area contributed by atoms with Crippen LogP contribution in [0.1, 0.15) is 25.3 Å². The van der Waals surface area contributed by atoms with Crippen LogP contribution in [0.5, 0.6) is 11.5 Å². The van der Waals surface area contributed by atoms with Crippen LogP contribution >= 0.6 is 0 Å². The van der Waals surface area contributed by atoms with Crippen LogP contribution in [0.3, 0.4) is 0 Å². The van der Waals surface area contributed by atoms with Gasteiger partial charge in [-0.25, -0.2) is 0 Å². The molecule has 0 spiro atoms. The van der Waals surface area contributed by atoms with E-state index in [0.29, 0.717) is 37.0 Å². The normalized spacial score (nSPS) is 14.7. The number of tetrazole rings is 1. The van der Waals surface area contributed by atoms with Crippen molar-refractivity contribution in [1.82, 2.24) is 30.8 Å². The average Bonchev–Trinajstić information content (AvgIpc) is 3.39. The largest absolute Gasteiger partial charge is 0.493 e. The predicted molar refractivity (Wildman–Crippen MR) is 133 cm³/mol. The molecule has 0 saturated carbocycles. The van der Waals surface area contributed by atoms with Gasteiger partial charge in [-0.2, -0.15) is 4.68 Å². The van der Waals surface area contributed by atoms with Gasteiger partial charge in [-0.1, -0.05) is 29.4 Å². The van der Waals surface area contributed by atoms with E-state index in [-0.39, 0.29) is 17.9 Å². The van der Waals surface area contributed by atoms with Gasteiger partial charge in [-0.15, -0.1) is 0 Å². The van der Waals surface area contributed by atoms with E-state index in [9.17, 15) is 9.59 Å². The van der Waals surface area contributed by atoms with Gasteiger partial charge in [0, 0.05) is 32.5 Å². The third-order valence-electron chi connectivity index (χ3n) is 6.16. The summed E-state index contributed by atoms with van der Waals surface area (Å²) in [6, 6.07) is 14.5. The summed E-state index contributed by atoms with van der Waals surface area (Å²) < 4.78 is 12.4. The minimum absolute atomic E-state index is 0.0172. The molecule has 1 fully saturated rings. The first kappa shape index (κ1) is 25.0. The molecule has 2 heterocycles. The number of rotatable bonds is 9. The van der Waals surface area contributed by atoms with Gasteiger partial charge in [0.15, 0.2) is 11.5 Å². The Hall–Kier alpha value is -4.15. The van der Waals surface area contributed by atoms with Crippen molar-refractivity contribution in [2.75, 3.05) is 32.2 Å². The Morgan fingerprint density at radius 2 is 1.78 bits per heavy atom. The van der Waals surface area contributed by atoms with Crippen molar-refractivity contribution in [3.63, 3.8) is 0 Å². The summed E-state index contributed by atoms with van der Waals surface area (Å²) in [5, 5.41) is 18.1. The van der Waals surface area contributed by atoms with Crippen LogP contribution in [-0.2, 0) is 16.0 Å². The molecule has 2 N–H and O–H groups in total. The fourth-order valence-electron chi connectivity index (χ4n) is 4.34. The van der Waals surface area contributed by atoms with Crippen molar-refractivity contribution in [2.24, 2.45) is 0 Å². The number of amides is 2. The molecule has 4 rings (SSSR count). The number of nitrogens with zero attached hydrogens (tertiary/aromatic N) is 5. The lowest BCUT2D eigenvalue weighted by Gasteiger charge is -2.33. The molecule has 3 aromatic rings. The topological polar surface area (TPSA) is 123 Å². The second kappa shape index (κ2) is 11.5. The summed E-state index contributed by atoms with van der Waals surface area (Å²) >= 11 is 0. The van der Waals surface area contributed by atoms with Gasteiger partial charge in [-0.3, -0.25) is 9.59 Å². The van der Waals surface area contributed by atoms with Crippen LogP contribution < -0.4 is 25.0 Å². The first-order chi connectivity index (χ1) is 17.5. The van der Waals surface area contributed by atoms with Crippen LogP contribution in [0, 0.1) is 0 Å². The highest BCUT2D eigenvalue weighted by molar-refractivity contribution is 5.87.